The molecule has 0 bridgehead atoms. The SMILES string of the molecule is C=CC1CC1(NC(=O)C1CC(C)CN1)C(C)=O.C=CC1CC1(NC(=O)C1CC(C)CN1C)C(C)=O. The van der Waals surface area contributed by atoms with E-state index in [0.29, 0.717) is 24.7 Å². The zero-order chi connectivity index (χ0) is 26.1. The molecule has 4 fully saturated rings. The molecule has 0 aromatic rings. The van der Waals surface area contributed by atoms with E-state index >= 15 is 0 Å². The summed E-state index contributed by atoms with van der Waals surface area (Å²) in [6.45, 7) is 16.6. The summed E-state index contributed by atoms with van der Waals surface area (Å²) in [6.07, 6.45) is 6.63. The van der Waals surface area contributed by atoms with Crippen LogP contribution in [0, 0.1) is 23.7 Å². The highest BCUT2D eigenvalue weighted by atomic mass is 16.2. The minimum absolute atomic E-state index is 0.0126. The third-order valence-electron chi connectivity index (χ3n) is 8.27. The Balaban J connectivity index is 0.000000196. The number of hydrogen-bond acceptors (Lipinski definition) is 6. The number of nitrogens with one attached hydrogen (secondary N) is 3. The molecule has 4 rings (SSSR count). The van der Waals surface area contributed by atoms with Gasteiger partial charge in [0.2, 0.25) is 11.8 Å². The van der Waals surface area contributed by atoms with Crippen LogP contribution < -0.4 is 16.0 Å². The lowest BCUT2D eigenvalue weighted by molar-refractivity contribution is -0.130. The first-order valence-electron chi connectivity index (χ1n) is 12.7. The van der Waals surface area contributed by atoms with Crippen molar-refractivity contribution in [3.05, 3.63) is 25.3 Å². The predicted octanol–water partition coefficient (Wildman–Crippen LogP) is 1.61. The maximum absolute atomic E-state index is 12.3. The summed E-state index contributed by atoms with van der Waals surface area (Å²) in [4.78, 5) is 49.8. The maximum atomic E-state index is 12.3. The Labute approximate surface area is 209 Å². The van der Waals surface area contributed by atoms with Gasteiger partial charge >= 0.3 is 0 Å². The average Bonchev–Trinajstić information content (AvgIpc) is 3.59. The van der Waals surface area contributed by atoms with E-state index in [2.05, 4.69) is 47.9 Å². The number of amides is 2. The molecule has 0 aromatic heterocycles. The monoisotopic (exact) mass is 486 g/mol. The Bertz CT molecular complexity index is 904. The highest BCUT2D eigenvalue weighted by Crippen LogP contribution is 2.46. The van der Waals surface area contributed by atoms with Crippen molar-refractivity contribution >= 4 is 23.4 Å². The molecule has 8 atom stereocenters. The van der Waals surface area contributed by atoms with Crippen LogP contribution in [0.4, 0.5) is 0 Å². The molecule has 2 aliphatic heterocycles. The number of ketones is 2. The van der Waals surface area contributed by atoms with Gasteiger partial charge in [0.05, 0.1) is 12.1 Å². The van der Waals surface area contributed by atoms with Gasteiger partial charge in [-0.25, -0.2) is 0 Å². The van der Waals surface area contributed by atoms with Crippen LogP contribution in [0.15, 0.2) is 25.3 Å². The summed E-state index contributed by atoms with van der Waals surface area (Å²) < 4.78 is 0. The van der Waals surface area contributed by atoms with Gasteiger partial charge in [0.15, 0.2) is 11.6 Å². The second kappa shape index (κ2) is 10.3. The fourth-order valence-corrected chi connectivity index (χ4v) is 5.70. The van der Waals surface area contributed by atoms with Crippen molar-refractivity contribution in [2.75, 3.05) is 20.1 Å². The van der Waals surface area contributed by atoms with Crippen LogP contribution in [-0.2, 0) is 19.2 Å². The molecule has 3 N–H and O–H groups in total. The molecular weight excluding hydrogens is 444 g/mol. The molecule has 4 aliphatic rings. The molecule has 194 valence electrons. The van der Waals surface area contributed by atoms with Crippen LogP contribution in [0.25, 0.3) is 0 Å². The number of carbonyl (C=O) groups is 4. The van der Waals surface area contributed by atoms with E-state index in [4.69, 9.17) is 0 Å². The molecule has 2 amide bonds. The summed E-state index contributed by atoms with van der Waals surface area (Å²) in [5.74, 6) is 1.26. The lowest BCUT2D eigenvalue weighted by Crippen LogP contribution is -2.50. The fraction of sp³-hybridized carbons (Fsp3) is 0.704. The first kappa shape index (κ1) is 27.3. The Kier molecular flexibility index (Phi) is 8.06. The van der Waals surface area contributed by atoms with E-state index in [1.165, 1.54) is 6.92 Å². The number of likely N-dealkylation sites (N-methyl/N-ethyl adjacent to an activating group) is 1. The number of Topliss-reactive ketones (excluding diaryl/α,β-unsaturated/α-hetero) is 2. The van der Waals surface area contributed by atoms with Gasteiger partial charge in [0, 0.05) is 18.4 Å². The second-order valence-electron chi connectivity index (χ2n) is 11.2. The average molecular weight is 487 g/mol. The summed E-state index contributed by atoms with van der Waals surface area (Å²) >= 11 is 0. The normalized spacial score (nSPS) is 39.6. The van der Waals surface area contributed by atoms with E-state index in [9.17, 15) is 19.2 Å². The lowest BCUT2D eigenvalue weighted by atomic mass is 10.1. The van der Waals surface area contributed by atoms with Gasteiger partial charge in [-0.3, -0.25) is 24.1 Å². The lowest BCUT2D eigenvalue weighted by Gasteiger charge is -2.22. The summed E-state index contributed by atoms with van der Waals surface area (Å²) in [5.41, 5.74) is -1.32. The minimum atomic E-state index is -0.661. The Hall–Kier alpha value is -2.32. The summed E-state index contributed by atoms with van der Waals surface area (Å²) in [5, 5.41) is 9.05. The quantitative estimate of drug-likeness (QED) is 0.450. The molecule has 8 nitrogen and oxygen atoms in total. The maximum Gasteiger partial charge on any atom is 0.238 e. The first-order valence-corrected chi connectivity index (χ1v) is 12.7. The number of carbonyl (C=O) groups excluding carboxylic acids is 4. The third-order valence-corrected chi connectivity index (χ3v) is 8.27. The van der Waals surface area contributed by atoms with Crippen molar-refractivity contribution in [2.45, 2.75) is 76.5 Å². The van der Waals surface area contributed by atoms with Crippen molar-refractivity contribution in [3.63, 3.8) is 0 Å². The van der Waals surface area contributed by atoms with Gasteiger partial charge in [0.25, 0.3) is 0 Å². The Morgan fingerprint density at radius 2 is 1.40 bits per heavy atom. The summed E-state index contributed by atoms with van der Waals surface area (Å²) in [6, 6.07) is -0.241. The molecule has 2 aliphatic carbocycles. The van der Waals surface area contributed by atoms with Gasteiger partial charge in [0.1, 0.15) is 11.1 Å². The third kappa shape index (κ3) is 5.59. The molecule has 2 saturated carbocycles. The molecule has 8 heteroatoms. The minimum Gasteiger partial charge on any atom is -0.342 e. The van der Waals surface area contributed by atoms with Crippen LogP contribution in [0.5, 0.6) is 0 Å². The van der Waals surface area contributed by atoms with E-state index in [1.54, 1.807) is 19.1 Å². The standard InChI is InChI=1S/C14H22N2O2.C13H20N2O2/c1-5-11-7-14(11,10(3)17)15-13(18)12-6-9(2)8-16(12)4;1-4-10-6-13(10,9(3)16)15-12(17)11-5-8(2)7-14-11/h5,9,11-12H,1,6-8H2,2-4H3,(H,15,18);4,8,10-11,14H,1,5-7H2,2-3H3,(H,15,17). The highest BCUT2D eigenvalue weighted by molar-refractivity contribution is 5.97. The molecular formula is C27H42N4O4. The van der Waals surface area contributed by atoms with Crippen LogP contribution in [0.2, 0.25) is 0 Å². The Morgan fingerprint density at radius 1 is 0.886 bits per heavy atom. The smallest absolute Gasteiger partial charge is 0.238 e. The zero-order valence-corrected chi connectivity index (χ0v) is 21.9. The van der Waals surface area contributed by atoms with Crippen LogP contribution in [-0.4, -0.2) is 71.6 Å². The molecule has 0 spiro atoms. The summed E-state index contributed by atoms with van der Waals surface area (Å²) in [7, 11) is 1.96. The van der Waals surface area contributed by atoms with Crippen LogP contribution in [0.1, 0.15) is 53.4 Å². The van der Waals surface area contributed by atoms with E-state index in [0.717, 1.165) is 25.9 Å². The highest BCUT2D eigenvalue weighted by Gasteiger charge is 2.59. The Morgan fingerprint density at radius 3 is 1.74 bits per heavy atom. The van der Waals surface area contributed by atoms with Gasteiger partial charge in [-0.2, -0.15) is 0 Å². The predicted molar refractivity (Wildman–Crippen MR) is 135 cm³/mol. The molecule has 35 heavy (non-hydrogen) atoms. The number of hydrogen-bond donors (Lipinski definition) is 3. The van der Waals surface area contributed by atoms with E-state index in [1.807, 2.05) is 7.05 Å². The number of rotatable bonds is 8. The van der Waals surface area contributed by atoms with E-state index < -0.39 is 11.1 Å². The fourth-order valence-electron chi connectivity index (χ4n) is 5.70. The van der Waals surface area contributed by atoms with Gasteiger partial charge < -0.3 is 16.0 Å². The number of nitrogens with zero attached hydrogens (tertiary/aromatic N) is 1. The van der Waals surface area contributed by atoms with Gasteiger partial charge in [-0.05, 0) is 65.0 Å². The van der Waals surface area contributed by atoms with Crippen molar-refractivity contribution in [3.8, 4) is 0 Å². The zero-order valence-electron chi connectivity index (χ0n) is 21.9. The largest absolute Gasteiger partial charge is 0.342 e. The van der Waals surface area contributed by atoms with Crippen molar-refractivity contribution in [2.24, 2.45) is 23.7 Å². The van der Waals surface area contributed by atoms with Crippen molar-refractivity contribution < 1.29 is 19.2 Å². The van der Waals surface area contributed by atoms with Gasteiger partial charge in [-0.1, -0.05) is 26.0 Å². The molecule has 2 heterocycles. The first-order chi connectivity index (χ1) is 16.4. The molecule has 0 radical (unpaired) electrons. The topological polar surface area (TPSA) is 108 Å². The second-order valence-corrected chi connectivity index (χ2v) is 11.2. The van der Waals surface area contributed by atoms with Crippen molar-refractivity contribution in [1.29, 1.82) is 0 Å². The van der Waals surface area contributed by atoms with Crippen LogP contribution in [0.3, 0.4) is 0 Å². The van der Waals surface area contributed by atoms with Gasteiger partial charge in [-0.15, -0.1) is 13.2 Å². The molecule has 2 saturated heterocycles. The van der Waals surface area contributed by atoms with Crippen LogP contribution >= 0.6 is 0 Å². The van der Waals surface area contributed by atoms with Crippen molar-refractivity contribution in [1.82, 2.24) is 20.9 Å². The number of likely N-dealkylation sites (tertiary alicyclic amines) is 1. The molecule has 0 aromatic carbocycles. The van der Waals surface area contributed by atoms with E-state index in [-0.39, 0.29) is 47.3 Å². The molecule has 8 unspecified atom stereocenters.